The Kier molecular flexibility index (Phi) is 10.6. The van der Waals surface area contributed by atoms with Crippen molar-refractivity contribution in [2.45, 2.75) is 59.3 Å². The molecule has 0 bridgehead atoms. The molecule has 3 heterocycles. The summed E-state index contributed by atoms with van der Waals surface area (Å²) in [6, 6.07) is 14.2. The van der Waals surface area contributed by atoms with Crippen LogP contribution in [0.5, 0.6) is 0 Å². The molecule has 3 nitrogen and oxygen atoms in total. The fourth-order valence-corrected chi connectivity index (χ4v) is 2.18. The van der Waals surface area contributed by atoms with Crippen LogP contribution in [0.4, 0.5) is 0 Å². The molecule has 3 aromatic rings. The largest absolute Gasteiger partial charge is 0.265 e. The van der Waals surface area contributed by atoms with Crippen molar-refractivity contribution in [2.24, 2.45) is 0 Å². The minimum absolute atomic E-state index is 0.547. The van der Waals surface area contributed by atoms with Gasteiger partial charge >= 0.3 is 0 Å². The molecule has 0 spiro atoms. The number of nitrogens with zero attached hydrogens (tertiary/aromatic N) is 3. The normalized spacial score (nSPS) is 10.1. The Balaban J connectivity index is 0.000000202. The molecule has 0 N–H and O–H groups in total. The summed E-state index contributed by atoms with van der Waals surface area (Å²) in [5.41, 5.74) is 3.82. The van der Waals surface area contributed by atoms with Crippen molar-refractivity contribution in [3.8, 4) is 0 Å². The number of pyridine rings is 3. The molecule has 3 aromatic heterocycles. The number of rotatable bonds is 3. The second kappa shape index (κ2) is 12.7. The van der Waals surface area contributed by atoms with Gasteiger partial charge < -0.3 is 0 Å². The molecular formula is C24H33N3. The summed E-state index contributed by atoms with van der Waals surface area (Å²) in [6.07, 6.45) is 9.19. The van der Waals surface area contributed by atoms with Gasteiger partial charge in [-0.05, 0) is 59.2 Å². The van der Waals surface area contributed by atoms with Gasteiger partial charge in [-0.2, -0.15) is 0 Å². The average molecular weight is 364 g/mol. The van der Waals surface area contributed by atoms with Gasteiger partial charge in [0.25, 0.3) is 0 Å². The van der Waals surface area contributed by atoms with Gasteiger partial charge in [0.15, 0.2) is 0 Å². The highest BCUT2D eigenvalue weighted by atomic mass is 14.7. The average Bonchev–Trinajstić information content (AvgIpc) is 2.71. The maximum atomic E-state index is 4.18. The highest BCUT2D eigenvalue weighted by molar-refractivity contribution is 5.13. The predicted octanol–water partition coefficient (Wildman–Crippen LogP) is 6.62. The molecule has 0 unspecified atom stereocenters. The van der Waals surface area contributed by atoms with E-state index in [1.54, 1.807) is 6.20 Å². The molecule has 0 aliphatic carbocycles. The van der Waals surface area contributed by atoms with Gasteiger partial charge in [0.2, 0.25) is 0 Å². The zero-order chi connectivity index (χ0) is 20.1. The zero-order valence-electron chi connectivity index (χ0n) is 17.5. The van der Waals surface area contributed by atoms with E-state index in [1.165, 1.54) is 11.1 Å². The van der Waals surface area contributed by atoms with Crippen LogP contribution in [0.2, 0.25) is 0 Å². The summed E-state index contributed by atoms with van der Waals surface area (Å²) in [4.78, 5) is 12.1. The number of aromatic nitrogens is 3. The Bertz CT molecular complexity index is 605. The van der Waals surface area contributed by atoms with Gasteiger partial charge in [-0.1, -0.05) is 53.7 Å². The quantitative estimate of drug-likeness (QED) is 0.525. The maximum absolute atomic E-state index is 4.18. The third kappa shape index (κ3) is 9.64. The van der Waals surface area contributed by atoms with Crippen LogP contribution in [0.1, 0.15) is 76.1 Å². The van der Waals surface area contributed by atoms with Crippen LogP contribution in [-0.2, 0) is 0 Å². The van der Waals surface area contributed by atoms with Crippen molar-refractivity contribution in [3.05, 3.63) is 90.3 Å². The van der Waals surface area contributed by atoms with Gasteiger partial charge in [0.05, 0.1) is 0 Å². The lowest BCUT2D eigenvalue weighted by molar-refractivity contribution is 0.823. The first-order valence-corrected chi connectivity index (χ1v) is 9.62. The van der Waals surface area contributed by atoms with Crippen LogP contribution >= 0.6 is 0 Å². The van der Waals surface area contributed by atoms with E-state index < -0.39 is 0 Å². The third-order valence-corrected chi connectivity index (χ3v) is 4.00. The topological polar surface area (TPSA) is 38.7 Å². The highest BCUT2D eigenvalue weighted by Gasteiger charge is 1.96. The van der Waals surface area contributed by atoms with E-state index in [2.05, 4.69) is 62.6 Å². The van der Waals surface area contributed by atoms with E-state index in [0.717, 1.165) is 5.69 Å². The molecular weight excluding hydrogens is 330 g/mol. The van der Waals surface area contributed by atoms with Crippen LogP contribution in [0.15, 0.2) is 73.4 Å². The Morgan fingerprint density at radius 3 is 1.56 bits per heavy atom. The van der Waals surface area contributed by atoms with Crippen molar-refractivity contribution >= 4 is 0 Å². The van der Waals surface area contributed by atoms with Crippen LogP contribution < -0.4 is 0 Å². The summed E-state index contributed by atoms with van der Waals surface area (Å²) in [7, 11) is 0. The fourth-order valence-electron chi connectivity index (χ4n) is 2.18. The van der Waals surface area contributed by atoms with Crippen LogP contribution in [0, 0.1) is 0 Å². The molecule has 0 radical (unpaired) electrons. The summed E-state index contributed by atoms with van der Waals surface area (Å²) in [6.45, 7) is 13.0. The zero-order valence-corrected chi connectivity index (χ0v) is 17.5. The first-order valence-electron chi connectivity index (χ1n) is 9.62. The van der Waals surface area contributed by atoms with E-state index >= 15 is 0 Å². The molecule has 0 saturated carbocycles. The minimum atomic E-state index is 0.547. The molecule has 0 atom stereocenters. The van der Waals surface area contributed by atoms with E-state index in [4.69, 9.17) is 0 Å². The molecule has 0 aromatic carbocycles. The second-order valence-electron chi connectivity index (χ2n) is 7.29. The van der Waals surface area contributed by atoms with Crippen molar-refractivity contribution in [2.75, 3.05) is 0 Å². The van der Waals surface area contributed by atoms with Crippen molar-refractivity contribution in [1.29, 1.82) is 0 Å². The SMILES string of the molecule is CC(C)c1ccccn1.CC(C)c1cccnc1.CC(C)c1ccncc1. The Morgan fingerprint density at radius 1 is 0.556 bits per heavy atom. The number of hydrogen-bond acceptors (Lipinski definition) is 3. The fraction of sp³-hybridized carbons (Fsp3) is 0.375. The summed E-state index contributed by atoms with van der Waals surface area (Å²) in [5, 5.41) is 0. The molecule has 3 rings (SSSR count). The summed E-state index contributed by atoms with van der Waals surface area (Å²) < 4.78 is 0. The molecule has 27 heavy (non-hydrogen) atoms. The van der Waals surface area contributed by atoms with Gasteiger partial charge in [-0.3, -0.25) is 15.0 Å². The first-order chi connectivity index (χ1) is 12.9. The van der Waals surface area contributed by atoms with Crippen molar-refractivity contribution < 1.29 is 0 Å². The maximum Gasteiger partial charge on any atom is 0.0428 e. The first kappa shape index (κ1) is 22.5. The van der Waals surface area contributed by atoms with Crippen LogP contribution in [0.3, 0.4) is 0 Å². The summed E-state index contributed by atoms with van der Waals surface area (Å²) >= 11 is 0. The molecule has 0 amide bonds. The Morgan fingerprint density at radius 2 is 1.22 bits per heavy atom. The van der Waals surface area contributed by atoms with Gasteiger partial charge in [-0.25, -0.2) is 0 Å². The van der Waals surface area contributed by atoms with Gasteiger partial charge in [0.1, 0.15) is 0 Å². The Labute approximate surface area is 165 Å². The molecule has 0 fully saturated rings. The lowest BCUT2D eigenvalue weighted by Crippen LogP contribution is -1.88. The smallest absolute Gasteiger partial charge is 0.0428 e. The highest BCUT2D eigenvalue weighted by Crippen LogP contribution is 2.11. The van der Waals surface area contributed by atoms with Crippen LogP contribution in [0.25, 0.3) is 0 Å². The van der Waals surface area contributed by atoms with E-state index in [0.29, 0.717) is 17.8 Å². The minimum Gasteiger partial charge on any atom is -0.265 e. The van der Waals surface area contributed by atoms with Crippen molar-refractivity contribution in [1.82, 2.24) is 15.0 Å². The molecule has 0 aliphatic rings. The predicted molar refractivity (Wildman–Crippen MR) is 115 cm³/mol. The molecule has 144 valence electrons. The van der Waals surface area contributed by atoms with Crippen LogP contribution in [-0.4, -0.2) is 15.0 Å². The van der Waals surface area contributed by atoms with Crippen molar-refractivity contribution in [3.63, 3.8) is 0 Å². The third-order valence-electron chi connectivity index (χ3n) is 4.00. The second-order valence-corrected chi connectivity index (χ2v) is 7.29. The Hall–Kier alpha value is -2.55. The molecule has 0 saturated heterocycles. The monoisotopic (exact) mass is 363 g/mol. The molecule has 0 aliphatic heterocycles. The molecule has 3 heteroatoms. The van der Waals surface area contributed by atoms with E-state index in [9.17, 15) is 0 Å². The lowest BCUT2D eigenvalue weighted by Gasteiger charge is -2.01. The lowest BCUT2D eigenvalue weighted by atomic mass is 10.1. The van der Waals surface area contributed by atoms with Gasteiger partial charge in [-0.15, -0.1) is 0 Å². The van der Waals surface area contributed by atoms with Gasteiger partial charge in [0, 0.05) is 36.7 Å². The summed E-state index contributed by atoms with van der Waals surface area (Å²) in [5.74, 6) is 1.76. The number of hydrogen-bond donors (Lipinski definition) is 0. The van der Waals surface area contributed by atoms with E-state index in [1.807, 2.05) is 61.2 Å². The van der Waals surface area contributed by atoms with E-state index in [-0.39, 0.29) is 0 Å². The standard InChI is InChI=1S/3C8H11N/c1-7(2)8-3-5-9-6-4-8;1-7(2)8-4-3-5-9-6-8;1-7(2)8-5-3-4-6-9-8/h3*3-7H,1-2H3.